The van der Waals surface area contributed by atoms with Crippen LogP contribution in [-0.4, -0.2) is 35.9 Å². The first kappa shape index (κ1) is 14.1. The van der Waals surface area contributed by atoms with Gasteiger partial charge in [0.25, 0.3) is 0 Å². The molecular formula is C12H16Cl2O4. The highest BCUT2D eigenvalue weighted by atomic mass is 35.5. The molecule has 2 fully saturated rings. The number of halogens is 2. The second kappa shape index (κ2) is 4.36. The van der Waals surface area contributed by atoms with Gasteiger partial charge in [-0.2, -0.15) is 0 Å². The molecule has 0 aromatic carbocycles. The van der Waals surface area contributed by atoms with E-state index in [4.69, 9.17) is 32.7 Å². The molecule has 0 atom stereocenters. The van der Waals surface area contributed by atoms with Crippen molar-refractivity contribution in [3.63, 3.8) is 0 Å². The highest BCUT2D eigenvalue weighted by Gasteiger charge is 2.66. The van der Waals surface area contributed by atoms with Crippen LogP contribution in [0.1, 0.15) is 32.1 Å². The van der Waals surface area contributed by atoms with Gasteiger partial charge in [-0.15, -0.1) is 0 Å². The van der Waals surface area contributed by atoms with E-state index in [1.54, 1.807) is 0 Å². The van der Waals surface area contributed by atoms with E-state index in [0.29, 0.717) is 32.1 Å². The van der Waals surface area contributed by atoms with Crippen LogP contribution in [0.2, 0.25) is 0 Å². The summed E-state index contributed by atoms with van der Waals surface area (Å²) < 4.78 is 8.82. The first-order valence-corrected chi connectivity index (χ1v) is 6.64. The summed E-state index contributed by atoms with van der Waals surface area (Å²) in [7, 11) is 2.84. The van der Waals surface area contributed by atoms with Crippen molar-refractivity contribution in [2.75, 3.05) is 14.2 Å². The lowest BCUT2D eigenvalue weighted by Crippen LogP contribution is -2.61. The molecule has 0 heterocycles. The van der Waals surface area contributed by atoms with Gasteiger partial charge in [0.05, 0.1) is 7.11 Å². The SMILES string of the molecule is COC(=O)C1(OC)CCC2(CC1)CC(=O)C2(Cl)Cl. The second-order valence-corrected chi connectivity index (χ2v) is 6.47. The Morgan fingerprint density at radius 2 is 1.72 bits per heavy atom. The monoisotopic (exact) mass is 294 g/mol. The lowest BCUT2D eigenvalue weighted by atomic mass is 9.56. The first-order valence-electron chi connectivity index (χ1n) is 5.88. The Kier molecular flexibility index (Phi) is 3.41. The quantitative estimate of drug-likeness (QED) is 0.579. The van der Waals surface area contributed by atoms with Crippen LogP contribution in [0, 0.1) is 5.41 Å². The predicted molar refractivity (Wildman–Crippen MR) is 66.7 cm³/mol. The molecule has 0 amide bonds. The molecule has 0 aromatic rings. The first-order chi connectivity index (χ1) is 8.33. The number of hydrogen-bond donors (Lipinski definition) is 0. The van der Waals surface area contributed by atoms with Gasteiger partial charge in [-0.3, -0.25) is 4.79 Å². The molecule has 1 spiro atoms. The number of ether oxygens (including phenoxy) is 2. The summed E-state index contributed by atoms with van der Waals surface area (Å²) in [6.07, 6.45) is 2.53. The lowest BCUT2D eigenvalue weighted by molar-refractivity contribution is -0.176. The number of Topliss-reactive ketones (excluding diaryl/α,β-unsaturated/α-hetero) is 1. The largest absolute Gasteiger partial charge is 0.467 e. The lowest BCUT2D eigenvalue weighted by Gasteiger charge is -2.55. The molecule has 6 heteroatoms. The number of carbonyl (C=O) groups is 2. The van der Waals surface area contributed by atoms with E-state index in [0.717, 1.165) is 0 Å². The Labute approximate surface area is 116 Å². The van der Waals surface area contributed by atoms with E-state index in [9.17, 15) is 9.59 Å². The summed E-state index contributed by atoms with van der Waals surface area (Å²) in [5, 5.41) is 0. The Hall–Kier alpha value is -0.320. The molecule has 18 heavy (non-hydrogen) atoms. The van der Waals surface area contributed by atoms with Crippen LogP contribution in [0.5, 0.6) is 0 Å². The molecule has 4 nitrogen and oxygen atoms in total. The maximum absolute atomic E-state index is 11.8. The predicted octanol–water partition coefficient (Wildman–Crippen LogP) is 2.25. The third-order valence-electron chi connectivity index (χ3n) is 4.48. The Morgan fingerprint density at radius 3 is 2.06 bits per heavy atom. The zero-order chi connectivity index (χ0) is 13.6. The average Bonchev–Trinajstić information content (AvgIpc) is 2.39. The van der Waals surface area contributed by atoms with Crippen molar-refractivity contribution < 1.29 is 19.1 Å². The standard InChI is InChI=1S/C12H16Cl2O4/c1-17-9(16)11(18-2)5-3-10(4-6-11)7-8(15)12(10,13)14/h3-7H2,1-2H3. The molecule has 0 unspecified atom stereocenters. The van der Waals surface area contributed by atoms with E-state index in [2.05, 4.69) is 0 Å². The molecule has 2 aliphatic rings. The fraction of sp³-hybridized carbons (Fsp3) is 0.833. The van der Waals surface area contributed by atoms with Gasteiger partial charge in [-0.05, 0) is 25.7 Å². The fourth-order valence-electron chi connectivity index (χ4n) is 3.02. The van der Waals surface area contributed by atoms with E-state index in [-0.39, 0.29) is 11.8 Å². The van der Waals surface area contributed by atoms with Gasteiger partial charge in [0.15, 0.2) is 15.7 Å². The zero-order valence-electron chi connectivity index (χ0n) is 10.4. The van der Waals surface area contributed by atoms with Gasteiger partial charge in [-0.25, -0.2) is 4.79 Å². The van der Waals surface area contributed by atoms with Gasteiger partial charge < -0.3 is 9.47 Å². The third-order valence-corrected chi connectivity index (χ3v) is 5.70. The molecule has 0 saturated heterocycles. The number of rotatable bonds is 2. The average molecular weight is 295 g/mol. The van der Waals surface area contributed by atoms with E-state index >= 15 is 0 Å². The van der Waals surface area contributed by atoms with Crippen molar-refractivity contribution in [3.8, 4) is 0 Å². The number of ketones is 1. The Morgan fingerprint density at radius 1 is 1.17 bits per heavy atom. The van der Waals surface area contributed by atoms with Crippen LogP contribution < -0.4 is 0 Å². The Bertz CT molecular complexity index is 384. The van der Waals surface area contributed by atoms with Gasteiger partial charge in [0, 0.05) is 18.9 Å². The number of methoxy groups -OCH3 is 2. The van der Waals surface area contributed by atoms with Crippen molar-refractivity contribution in [2.45, 2.75) is 42.0 Å². The van der Waals surface area contributed by atoms with Gasteiger partial charge in [0.1, 0.15) is 0 Å². The van der Waals surface area contributed by atoms with Crippen molar-refractivity contribution in [1.29, 1.82) is 0 Å². The van der Waals surface area contributed by atoms with Crippen LogP contribution >= 0.6 is 23.2 Å². The molecule has 2 rings (SSSR count). The molecule has 102 valence electrons. The van der Waals surface area contributed by atoms with Gasteiger partial charge >= 0.3 is 5.97 Å². The molecular weight excluding hydrogens is 279 g/mol. The minimum Gasteiger partial charge on any atom is -0.467 e. The van der Waals surface area contributed by atoms with Crippen molar-refractivity contribution >= 4 is 35.0 Å². The molecule has 0 aliphatic heterocycles. The third kappa shape index (κ3) is 1.69. The molecule has 0 aromatic heterocycles. The van der Waals surface area contributed by atoms with Crippen molar-refractivity contribution in [3.05, 3.63) is 0 Å². The van der Waals surface area contributed by atoms with Gasteiger partial charge in [0.2, 0.25) is 0 Å². The number of hydrogen-bond acceptors (Lipinski definition) is 4. The zero-order valence-corrected chi connectivity index (χ0v) is 11.9. The van der Waals surface area contributed by atoms with Crippen LogP contribution in [0.4, 0.5) is 0 Å². The summed E-state index contributed by atoms with van der Waals surface area (Å²) in [6, 6.07) is 0. The van der Waals surface area contributed by atoms with E-state index < -0.39 is 15.3 Å². The van der Waals surface area contributed by atoms with Crippen LogP contribution in [0.3, 0.4) is 0 Å². The topological polar surface area (TPSA) is 52.6 Å². The minimum atomic E-state index is -1.30. The fourth-order valence-corrected chi connectivity index (χ4v) is 3.66. The molecule has 0 N–H and O–H groups in total. The molecule has 0 radical (unpaired) electrons. The van der Waals surface area contributed by atoms with Crippen LogP contribution in [-0.2, 0) is 19.1 Å². The number of alkyl halides is 2. The maximum atomic E-state index is 11.8. The number of esters is 1. The normalized spacial score (nSPS) is 38.3. The highest BCUT2D eigenvalue weighted by Crippen LogP contribution is 2.63. The van der Waals surface area contributed by atoms with Gasteiger partial charge in [-0.1, -0.05) is 23.2 Å². The summed E-state index contributed by atoms with van der Waals surface area (Å²) in [4.78, 5) is 23.2. The summed E-state index contributed by atoms with van der Waals surface area (Å²) in [5.74, 6) is -0.505. The number of carbonyl (C=O) groups excluding carboxylic acids is 2. The highest BCUT2D eigenvalue weighted by molar-refractivity contribution is 6.61. The van der Waals surface area contributed by atoms with Crippen molar-refractivity contribution in [2.24, 2.45) is 5.41 Å². The van der Waals surface area contributed by atoms with E-state index in [1.165, 1.54) is 14.2 Å². The van der Waals surface area contributed by atoms with Crippen molar-refractivity contribution in [1.82, 2.24) is 0 Å². The molecule has 0 bridgehead atoms. The maximum Gasteiger partial charge on any atom is 0.338 e. The van der Waals surface area contributed by atoms with E-state index in [1.807, 2.05) is 0 Å². The molecule has 2 saturated carbocycles. The van der Waals surface area contributed by atoms with Crippen LogP contribution in [0.25, 0.3) is 0 Å². The van der Waals surface area contributed by atoms with Crippen LogP contribution in [0.15, 0.2) is 0 Å². The summed E-state index contributed by atoms with van der Waals surface area (Å²) in [5.41, 5.74) is -1.31. The summed E-state index contributed by atoms with van der Waals surface area (Å²) in [6.45, 7) is 0. The molecule has 2 aliphatic carbocycles. The smallest absolute Gasteiger partial charge is 0.338 e. The Balaban J connectivity index is 2.13. The second-order valence-electron chi connectivity index (χ2n) is 5.14. The minimum absolute atomic E-state index is 0.131. The summed E-state index contributed by atoms with van der Waals surface area (Å²) >= 11 is 12.2.